The number of Topliss-reactive ketones (excluding diaryl/α,β-unsaturated/α-hetero) is 1. The first-order chi connectivity index (χ1) is 7.09. The first-order valence-corrected chi connectivity index (χ1v) is 5.19. The number of carbonyl (C=O) groups is 1. The predicted molar refractivity (Wildman–Crippen MR) is 60.4 cm³/mol. The van der Waals surface area contributed by atoms with Crippen molar-refractivity contribution in [2.24, 2.45) is 5.92 Å². The Morgan fingerprint density at radius 2 is 2.13 bits per heavy atom. The molecule has 0 saturated heterocycles. The fraction of sp³-hybridized carbons (Fsp3) is 0.250. The molecule has 2 rings (SSSR count). The van der Waals surface area contributed by atoms with Crippen LogP contribution in [0, 0.1) is 5.92 Å². The molecule has 1 heterocycles. The molecule has 0 aliphatic heterocycles. The topological polar surface area (TPSA) is 30.2 Å². The molecule has 15 heavy (non-hydrogen) atoms. The summed E-state index contributed by atoms with van der Waals surface area (Å²) in [5.41, 5.74) is 0.659. The summed E-state index contributed by atoms with van der Waals surface area (Å²) in [7, 11) is 0. The summed E-state index contributed by atoms with van der Waals surface area (Å²) in [4.78, 5) is 11.7. The Hall–Kier alpha value is -1.28. The molecule has 3 heteroatoms. The Morgan fingerprint density at radius 1 is 1.40 bits per heavy atom. The number of benzene rings is 1. The van der Waals surface area contributed by atoms with Crippen LogP contribution < -0.4 is 0 Å². The Balaban J connectivity index is 2.57. The molecule has 0 saturated carbocycles. The third kappa shape index (κ3) is 1.77. The maximum absolute atomic E-state index is 11.7. The number of fused-ring (bicyclic) bond motifs is 1. The highest BCUT2D eigenvalue weighted by Crippen LogP contribution is 2.27. The zero-order chi connectivity index (χ0) is 11.0. The summed E-state index contributed by atoms with van der Waals surface area (Å²) in [5.74, 6) is 0.319. The zero-order valence-electron chi connectivity index (χ0n) is 8.58. The fourth-order valence-corrected chi connectivity index (χ4v) is 1.65. The van der Waals surface area contributed by atoms with E-state index in [1.807, 2.05) is 13.8 Å². The van der Waals surface area contributed by atoms with Crippen molar-refractivity contribution in [2.75, 3.05) is 0 Å². The smallest absolute Gasteiger partial charge is 0.200 e. The van der Waals surface area contributed by atoms with E-state index in [0.717, 1.165) is 5.39 Å². The van der Waals surface area contributed by atoms with Crippen molar-refractivity contribution in [3.8, 4) is 0 Å². The van der Waals surface area contributed by atoms with E-state index in [4.69, 9.17) is 16.0 Å². The van der Waals surface area contributed by atoms with Gasteiger partial charge in [-0.2, -0.15) is 0 Å². The second kappa shape index (κ2) is 3.70. The summed E-state index contributed by atoms with van der Waals surface area (Å²) < 4.78 is 5.44. The van der Waals surface area contributed by atoms with Gasteiger partial charge in [0.2, 0.25) is 5.78 Å². The minimum atomic E-state index is -0.0654. The molecule has 1 aromatic heterocycles. The van der Waals surface area contributed by atoms with Crippen LogP contribution in [0.1, 0.15) is 24.4 Å². The monoisotopic (exact) mass is 222 g/mol. The third-order valence-electron chi connectivity index (χ3n) is 2.28. The highest BCUT2D eigenvalue weighted by Gasteiger charge is 2.16. The number of rotatable bonds is 2. The lowest BCUT2D eigenvalue weighted by Gasteiger charge is -1.97. The second-order valence-electron chi connectivity index (χ2n) is 3.78. The van der Waals surface area contributed by atoms with Crippen LogP contribution in [0.4, 0.5) is 0 Å². The number of hydrogen-bond acceptors (Lipinski definition) is 2. The largest absolute Gasteiger partial charge is 0.453 e. The van der Waals surface area contributed by atoms with Crippen molar-refractivity contribution in [3.05, 3.63) is 35.0 Å². The lowest BCUT2D eigenvalue weighted by molar-refractivity contribution is 0.0913. The molecule has 0 N–H and O–H groups in total. The minimum Gasteiger partial charge on any atom is -0.453 e. The molecule has 0 bridgehead atoms. The van der Waals surface area contributed by atoms with Crippen molar-refractivity contribution < 1.29 is 9.21 Å². The van der Waals surface area contributed by atoms with Gasteiger partial charge in [0.1, 0.15) is 5.58 Å². The van der Waals surface area contributed by atoms with Gasteiger partial charge in [0.25, 0.3) is 0 Å². The van der Waals surface area contributed by atoms with E-state index >= 15 is 0 Å². The molecule has 0 fully saturated rings. The molecule has 78 valence electrons. The summed E-state index contributed by atoms with van der Waals surface area (Å²) in [6, 6.07) is 7.10. The minimum absolute atomic E-state index is 0.00210. The van der Waals surface area contributed by atoms with Gasteiger partial charge in [-0.05, 0) is 18.2 Å². The molecule has 0 unspecified atom stereocenters. The molecule has 0 radical (unpaired) electrons. The van der Waals surface area contributed by atoms with Crippen LogP contribution in [-0.2, 0) is 0 Å². The Kier molecular flexibility index (Phi) is 2.53. The van der Waals surface area contributed by atoms with Crippen LogP contribution in [0.5, 0.6) is 0 Å². The van der Waals surface area contributed by atoms with Gasteiger partial charge in [-0.3, -0.25) is 4.79 Å². The van der Waals surface area contributed by atoms with Crippen molar-refractivity contribution >= 4 is 28.4 Å². The average molecular weight is 223 g/mol. The summed E-state index contributed by atoms with van der Waals surface area (Å²) in [5, 5.41) is 1.40. The van der Waals surface area contributed by atoms with E-state index in [0.29, 0.717) is 16.4 Å². The molecule has 0 amide bonds. The van der Waals surface area contributed by atoms with Gasteiger partial charge in [-0.15, -0.1) is 0 Å². The van der Waals surface area contributed by atoms with Crippen LogP contribution in [0.2, 0.25) is 5.02 Å². The number of ketones is 1. The van der Waals surface area contributed by atoms with Gasteiger partial charge in [0.05, 0.1) is 5.02 Å². The highest BCUT2D eigenvalue weighted by atomic mass is 35.5. The molecule has 1 aromatic carbocycles. The fourth-order valence-electron chi connectivity index (χ4n) is 1.43. The maximum Gasteiger partial charge on any atom is 0.200 e. The quantitative estimate of drug-likeness (QED) is 0.721. The molecular weight excluding hydrogens is 212 g/mol. The van der Waals surface area contributed by atoms with Crippen LogP contribution in [0.3, 0.4) is 0 Å². The van der Waals surface area contributed by atoms with Gasteiger partial charge in [0, 0.05) is 11.3 Å². The molecule has 0 aliphatic rings. The molecule has 0 spiro atoms. The molecule has 2 nitrogen and oxygen atoms in total. The van der Waals surface area contributed by atoms with E-state index in [1.54, 1.807) is 24.3 Å². The first-order valence-electron chi connectivity index (χ1n) is 4.82. The maximum atomic E-state index is 11.7. The lowest BCUT2D eigenvalue weighted by Crippen LogP contribution is -2.05. The Labute approximate surface area is 92.8 Å². The third-order valence-corrected chi connectivity index (χ3v) is 2.61. The Bertz CT molecular complexity index is 511. The van der Waals surface area contributed by atoms with Gasteiger partial charge >= 0.3 is 0 Å². The SMILES string of the molecule is CC(C)C(=O)c1cc2c(Cl)cccc2o1. The lowest BCUT2D eigenvalue weighted by atomic mass is 10.1. The number of hydrogen-bond donors (Lipinski definition) is 0. The van der Waals surface area contributed by atoms with Crippen LogP contribution in [0.15, 0.2) is 28.7 Å². The number of furan rings is 1. The van der Waals surface area contributed by atoms with Crippen molar-refractivity contribution in [1.29, 1.82) is 0 Å². The Morgan fingerprint density at radius 3 is 2.73 bits per heavy atom. The van der Waals surface area contributed by atoms with E-state index in [1.165, 1.54) is 0 Å². The summed E-state index contributed by atoms with van der Waals surface area (Å²) in [6.07, 6.45) is 0. The molecule has 0 atom stereocenters. The summed E-state index contributed by atoms with van der Waals surface area (Å²) >= 11 is 5.98. The highest BCUT2D eigenvalue weighted by molar-refractivity contribution is 6.35. The average Bonchev–Trinajstić information content (AvgIpc) is 2.61. The van der Waals surface area contributed by atoms with Gasteiger partial charge in [-0.25, -0.2) is 0 Å². The van der Waals surface area contributed by atoms with E-state index in [-0.39, 0.29) is 11.7 Å². The normalized spacial score (nSPS) is 11.2. The van der Waals surface area contributed by atoms with Gasteiger partial charge < -0.3 is 4.42 Å². The van der Waals surface area contributed by atoms with Gasteiger partial charge in [0.15, 0.2) is 5.76 Å². The molecular formula is C12H11ClO2. The van der Waals surface area contributed by atoms with Crippen molar-refractivity contribution in [1.82, 2.24) is 0 Å². The molecule has 0 aliphatic carbocycles. The number of carbonyl (C=O) groups excluding carboxylic acids is 1. The van der Waals surface area contributed by atoms with Crippen molar-refractivity contribution in [2.45, 2.75) is 13.8 Å². The van der Waals surface area contributed by atoms with E-state index in [2.05, 4.69) is 0 Å². The van der Waals surface area contributed by atoms with Crippen molar-refractivity contribution in [3.63, 3.8) is 0 Å². The number of halogens is 1. The van der Waals surface area contributed by atoms with E-state index in [9.17, 15) is 4.79 Å². The van der Waals surface area contributed by atoms with E-state index < -0.39 is 0 Å². The molecule has 2 aromatic rings. The van der Waals surface area contributed by atoms with Crippen LogP contribution >= 0.6 is 11.6 Å². The second-order valence-corrected chi connectivity index (χ2v) is 4.19. The van der Waals surface area contributed by atoms with Crippen LogP contribution in [-0.4, -0.2) is 5.78 Å². The predicted octanol–water partition coefficient (Wildman–Crippen LogP) is 3.92. The zero-order valence-corrected chi connectivity index (χ0v) is 9.34. The summed E-state index contributed by atoms with van der Waals surface area (Å²) in [6.45, 7) is 3.69. The van der Waals surface area contributed by atoms with Crippen LogP contribution in [0.25, 0.3) is 11.0 Å². The standard InChI is InChI=1S/C12H11ClO2/c1-7(2)12(14)11-6-8-9(13)4-3-5-10(8)15-11/h3-7H,1-2H3. The first kappa shape index (κ1) is 10.2. The van der Waals surface area contributed by atoms with Gasteiger partial charge in [-0.1, -0.05) is 31.5 Å².